The highest BCUT2D eigenvalue weighted by Crippen LogP contribution is 2.29. The highest BCUT2D eigenvalue weighted by Gasteiger charge is 2.34. The molecule has 2 N–H and O–H groups in total. The first-order chi connectivity index (χ1) is 19.0. The predicted molar refractivity (Wildman–Crippen MR) is 145 cm³/mol. The van der Waals surface area contributed by atoms with Crippen LogP contribution < -0.4 is 10.6 Å². The second kappa shape index (κ2) is 12.8. The van der Waals surface area contributed by atoms with E-state index in [4.69, 9.17) is 0 Å². The molecule has 3 atom stereocenters. The van der Waals surface area contributed by atoms with Gasteiger partial charge in [-0.15, -0.1) is 0 Å². The first kappa shape index (κ1) is 29.5. The first-order valence-electron chi connectivity index (χ1n) is 13.6. The van der Waals surface area contributed by atoms with Crippen molar-refractivity contribution in [3.63, 3.8) is 0 Å². The third kappa shape index (κ3) is 7.39. The third-order valence-electron chi connectivity index (χ3n) is 7.92. The van der Waals surface area contributed by atoms with Gasteiger partial charge in [-0.1, -0.05) is 24.3 Å². The Labute approximate surface area is 232 Å². The molecule has 4 rings (SSSR count). The summed E-state index contributed by atoms with van der Waals surface area (Å²) in [6.07, 6.45) is -3.78. The van der Waals surface area contributed by atoms with Crippen LogP contribution in [-0.2, 0) is 11.0 Å². The van der Waals surface area contributed by atoms with Crippen LogP contribution in [0.15, 0.2) is 54.6 Å². The van der Waals surface area contributed by atoms with E-state index in [1.54, 1.807) is 0 Å². The number of nitrogens with one attached hydrogen (secondary N) is 2. The van der Waals surface area contributed by atoms with Gasteiger partial charge < -0.3 is 15.5 Å². The van der Waals surface area contributed by atoms with Crippen molar-refractivity contribution < 1.29 is 27.6 Å². The average molecular weight is 560 g/mol. The smallest absolute Gasteiger partial charge is 0.350 e. The summed E-state index contributed by atoms with van der Waals surface area (Å²) < 4.78 is 38.7. The van der Waals surface area contributed by atoms with E-state index in [-0.39, 0.29) is 42.0 Å². The Bertz CT molecular complexity index is 1180. The van der Waals surface area contributed by atoms with Crippen molar-refractivity contribution in [2.75, 3.05) is 45.8 Å². The lowest BCUT2D eigenvalue weighted by Gasteiger charge is -2.42. The summed E-state index contributed by atoms with van der Waals surface area (Å²) in [4.78, 5) is 44.1. The van der Waals surface area contributed by atoms with E-state index in [1.807, 2.05) is 35.2 Å². The van der Waals surface area contributed by atoms with Gasteiger partial charge in [-0.3, -0.25) is 24.2 Å². The predicted octanol–water partition coefficient (Wildman–Crippen LogP) is 2.86. The minimum atomic E-state index is -4.55. The zero-order chi connectivity index (χ0) is 28.9. The molecule has 0 bridgehead atoms. The highest BCUT2D eigenvalue weighted by molar-refractivity contribution is 5.96. The molecule has 216 valence electrons. The van der Waals surface area contributed by atoms with Crippen molar-refractivity contribution >= 4 is 17.7 Å². The number of piperazine rings is 1. The summed E-state index contributed by atoms with van der Waals surface area (Å²) in [7, 11) is 0. The maximum atomic E-state index is 12.9. The Hall–Kier alpha value is -3.44. The number of carbonyl (C=O) groups excluding carboxylic acids is 3. The maximum absolute atomic E-state index is 12.9. The van der Waals surface area contributed by atoms with Crippen LogP contribution in [0.25, 0.3) is 0 Å². The van der Waals surface area contributed by atoms with Gasteiger partial charge in [0.05, 0.1) is 12.1 Å². The minimum Gasteiger partial charge on any atom is -0.350 e. The number of hydrogen-bond acceptors (Lipinski definition) is 5. The van der Waals surface area contributed by atoms with E-state index in [9.17, 15) is 27.6 Å². The monoisotopic (exact) mass is 559 g/mol. The number of benzene rings is 2. The van der Waals surface area contributed by atoms with Gasteiger partial charge >= 0.3 is 6.18 Å². The zero-order valence-electron chi connectivity index (χ0n) is 22.8. The topological polar surface area (TPSA) is 85.0 Å². The van der Waals surface area contributed by atoms with E-state index in [0.29, 0.717) is 25.2 Å². The van der Waals surface area contributed by atoms with Crippen LogP contribution in [0.4, 0.5) is 13.2 Å². The molecule has 2 unspecified atom stereocenters. The van der Waals surface area contributed by atoms with Gasteiger partial charge in [-0.2, -0.15) is 13.2 Å². The molecule has 2 saturated heterocycles. The summed E-state index contributed by atoms with van der Waals surface area (Å²) in [5.41, 5.74) is -0.359. The van der Waals surface area contributed by atoms with Gasteiger partial charge in [-0.25, -0.2) is 0 Å². The number of hydrogen-bond donors (Lipinski definition) is 2. The fraction of sp³-hybridized carbons (Fsp3) is 0.483. The van der Waals surface area contributed by atoms with E-state index < -0.39 is 17.6 Å². The van der Waals surface area contributed by atoms with Crippen LogP contribution in [0.5, 0.6) is 0 Å². The Kier molecular flexibility index (Phi) is 9.47. The van der Waals surface area contributed by atoms with E-state index >= 15 is 0 Å². The number of alkyl halides is 3. The van der Waals surface area contributed by atoms with Gasteiger partial charge in [0, 0.05) is 68.5 Å². The van der Waals surface area contributed by atoms with Crippen LogP contribution in [-0.4, -0.2) is 96.4 Å². The van der Waals surface area contributed by atoms with Crippen LogP contribution >= 0.6 is 0 Å². The van der Waals surface area contributed by atoms with E-state index in [1.165, 1.54) is 6.07 Å². The Morgan fingerprint density at radius 1 is 0.875 bits per heavy atom. The summed E-state index contributed by atoms with van der Waals surface area (Å²) in [5.74, 6) is -1.06. The lowest BCUT2D eigenvalue weighted by atomic mass is 10.1. The highest BCUT2D eigenvalue weighted by atomic mass is 19.4. The second-order valence-electron chi connectivity index (χ2n) is 10.5. The van der Waals surface area contributed by atoms with Crippen molar-refractivity contribution in [1.29, 1.82) is 0 Å². The van der Waals surface area contributed by atoms with Crippen LogP contribution in [0.2, 0.25) is 0 Å². The first-order valence-corrected chi connectivity index (χ1v) is 13.6. The molecule has 2 aromatic carbocycles. The van der Waals surface area contributed by atoms with Crippen molar-refractivity contribution in [1.82, 2.24) is 25.3 Å². The van der Waals surface area contributed by atoms with Gasteiger partial charge in [0.1, 0.15) is 0 Å². The van der Waals surface area contributed by atoms with Crippen molar-refractivity contribution in [3.8, 4) is 0 Å². The fourth-order valence-electron chi connectivity index (χ4n) is 5.36. The lowest BCUT2D eigenvalue weighted by molar-refractivity contribution is -0.137. The Morgan fingerprint density at radius 2 is 1.52 bits per heavy atom. The van der Waals surface area contributed by atoms with Crippen molar-refractivity contribution in [2.24, 2.45) is 0 Å². The normalized spacial score (nSPS) is 20.1. The molecule has 2 aliphatic heterocycles. The number of carbonyl (C=O) groups is 3. The summed E-state index contributed by atoms with van der Waals surface area (Å²) in [6, 6.07) is 13.8. The van der Waals surface area contributed by atoms with Crippen molar-refractivity contribution in [2.45, 2.75) is 44.6 Å². The molecule has 0 spiro atoms. The molecule has 2 aromatic rings. The number of amides is 3. The average Bonchev–Trinajstić information content (AvgIpc) is 3.43. The molecule has 2 heterocycles. The van der Waals surface area contributed by atoms with Gasteiger partial charge in [0.25, 0.3) is 11.8 Å². The molecule has 0 aromatic heterocycles. The van der Waals surface area contributed by atoms with Crippen LogP contribution in [0.1, 0.15) is 46.5 Å². The molecular formula is C29H36F3N5O3. The number of nitrogens with zero attached hydrogens (tertiary/aromatic N) is 3. The fourth-order valence-corrected chi connectivity index (χ4v) is 5.36. The molecule has 0 aliphatic carbocycles. The molecule has 2 aliphatic rings. The Balaban J connectivity index is 1.19. The molecule has 3 amide bonds. The second-order valence-corrected chi connectivity index (χ2v) is 10.5. The molecule has 0 radical (unpaired) electrons. The molecule has 2 fully saturated rings. The number of halogens is 3. The maximum Gasteiger partial charge on any atom is 0.416 e. The van der Waals surface area contributed by atoms with E-state index in [2.05, 4.69) is 34.3 Å². The van der Waals surface area contributed by atoms with E-state index in [0.717, 1.165) is 44.3 Å². The van der Waals surface area contributed by atoms with Crippen LogP contribution in [0, 0.1) is 0 Å². The molecule has 11 heteroatoms. The largest absolute Gasteiger partial charge is 0.416 e. The van der Waals surface area contributed by atoms with Crippen LogP contribution in [0.3, 0.4) is 0 Å². The molecule has 40 heavy (non-hydrogen) atoms. The molecular weight excluding hydrogens is 523 g/mol. The van der Waals surface area contributed by atoms with Gasteiger partial charge in [-0.05, 0) is 50.6 Å². The van der Waals surface area contributed by atoms with Gasteiger partial charge in [0.2, 0.25) is 5.91 Å². The van der Waals surface area contributed by atoms with Crippen molar-refractivity contribution in [3.05, 3.63) is 71.3 Å². The zero-order valence-corrected chi connectivity index (χ0v) is 22.8. The third-order valence-corrected chi connectivity index (χ3v) is 7.92. The Morgan fingerprint density at radius 3 is 2.20 bits per heavy atom. The summed E-state index contributed by atoms with van der Waals surface area (Å²) in [5, 5.41) is 5.33. The quantitative estimate of drug-likeness (QED) is 0.520. The SMILES string of the molecule is CC(C(C)N1CC[C@@H](NC(=O)CNC(=O)c2cccc(C(F)(F)F)c2)C1)N1CCN(C(=O)c2ccccc2)CC1. The lowest BCUT2D eigenvalue weighted by Crippen LogP contribution is -2.56. The minimum absolute atomic E-state index is 0.0603. The number of rotatable bonds is 8. The summed E-state index contributed by atoms with van der Waals surface area (Å²) in [6.45, 7) is 8.48. The summed E-state index contributed by atoms with van der Waals surface area (Å²) >= 11 is 0. The molecule has 8 nitrogen and oxygen atoms in total. The molecule has 0 saturated carbocycles. The number of likely N-dealkylation sites (tertiary alicyclic amines) is 1. The standard InChI is InChI=1S/C29H36F3N5O3/c1-20(35-13-15-36(16-14-35)28(40)22-7-4-3-5-8-22)21(2)37-12-11-25(19-37)34-26(38)18-33-27(39)23-9-6-10-24(17-23)29(30,31)32/h3-10,17,20-21,25H,11-16,18-19H2,1-2H3,(H,33,39)(H,34,38)/t20?,21?,25-/m1/s1. The van der Waals surface area contributed by atoms with Gasteiger partial charge in [0.15, 0.2) is 0 Å².